The maximum absolute atomic E-state index is 12.2. The van der Waals surface area contributed by atoms with Gasteiger partial charge >= 0.3 is 5.69 Å². The van der Waals surface area contributed by atoms with Crippen molar-refractivity contribution in [1.82, 2.24) is 4.31 Å². The SMILES string of the molecule is CCN(CC#N)S(=O)(=O)c1ccc(OC)c([N+](=O)[O-])c1. The lowest BCUT2D eigenvalue weighted by molar-refractivity contribution is -0.386. The molecule has 0 spiro atoms. The van der Waals surface area contributed by atoms with Crippen LogP contribution in [0.3, 0.4) is 0 Å². The number of ether oxygens (including phenoxy) is 1. The van der Waals surface area contributed by atoms with Crippen LogP contribution in [0.1, 0.15) is 6.92 Å². The first-order valence-corrected chi connectivity index (χ1v) is 7.02. The van der Waals surface area contributed by atoms with Gasteiger partial charge in [0.1, 0.15) is 6.54 Å². The Morgan fingerprint density at radius 3 is 2.60 bits per heavy atom. The zero-order valence-electron chi connectivity index (χ0n) is 10.9. The Morgan fingerprint density at radius 1 is 1.50 bits per heavy atom. The largest absolute Gasteiger partial charge is 0.490 e. The van der Waals surface area contributed by atoms with Gasteiger partial charge in [0.25, 0.3) is 0 Å². The Balaban J connectivity index is 3.37. The van der Waals surface area contributed by atoms with Crippen LogP contribution in [0.5, 0.6) is 5.75 Å². The van der Waals surface area contributed by atoms with Crippen LogP contribution in [0.4, 0.5) is 5.69 Å². The molecule has 0 bridgehead atoms. The van der Waals surface area contributed by atoms with Crippen molar-refractivity contribution in [1.29, 1.82) is 5.26 Å². The van der Waals surface area contributed by atoms with Crippen molar-refractivity contribution in [3.8, 4) is 11.8 Å². The zero-order chi connectivity index (χ0) is 15.3. The van der Waals surface area contributed by atoms with E-state index in [0.29, 0.717) is 0 Å². The number of nitriles is 1. The van der Waals surface area contributed by atoms with Gasteiger partial charge in [-0.2, -0.15) is 9.57 Å². The smallest absolute Gasteiger partial charge is 0.312 e. The first-order chi connectivity index (χ1) is 9.38. The molecule has 0 aromatic heterocycles. The van der Waals surface area contributed by atoms with Gasteiger partial charge in [-0.25, -0.2) is 8.42 Å². The van der Waals surface area contributed by atoms with Gasteiger partial charge < -0.3 is 4.74 Å². The lowest BCUT2D eigenvalue weighted by Gasteiger charge is -2.17. The molecule has 9 heteroatoms. The van der Waals surface area contributed by atoms with E-state index in [1.54, 1.807) is 13.0 Å². The van der Waals surface area contributed by atoms with Crippen molar-refractivity contribution in [3.05, 3.63) is 28.3 Å². The van der Waals surface area contributed by atoms with E-state index in [4.69, 9.17) is 10.00 Å². The topological polar surface area (TPSA) is 114 Å². The second kappa shape index (κ2) is 6.31. The molecule has 0 atom stereocenters. The number of rotatable bonds is 6. The maximum atomic E-state index is 12.2. The fraction of sp³-hybridized carbons (Fsp3) is 0.364. The molecular formula is C11H13N3O5S. The molecule has 0 fully saturated rings. The highest BCUT2D eigenvalue weighted by molar-refractivity contribution is 7.89. The molecule has 1 aromatic carbocycles. The fourth-order valence-electron chi connectivity index (χ4n) is 1.57. The van der Waals surface area contributed by atoms with Gasteiger partial charge in [0.05, 0.1) is 23.0 Å². The van der Waals surface area contributed by atoms with Gasteiger partial charge in [-0.05, 0) is 12.1 Å². The normalized spacial score (nSPS) is 11.1. The molecular weight excluding hydrogens is 286 g/mol. The Morgan fingerprint density at radius 2 is 2.15 bits per heavy atom. The molecule has 20 heavy (non-hydrogen) atoms. The second-order valence-electron chi connectivity index (χ2n) is 3.68. The molecule has 0 saturated carbocycles. The summed E-state index contributed by atoms with van der Waals surface area (Å²) in [5, 5.41) is 19.5. The van der Waals surface area contributed by atoms with E-state index in [9.17, 15) is 18.5 Å². The van der Waals surface area contributed by atoms with Crippen molar-refractivity contribution < 1.29 is 18.1 Å². The number of sulfonamides is 1. The van der Waals surface area contributed by atoms with Crippen molar-refractivity contribution in [2.24, 2.45) is 0 Å². The van der Waals surface area contributed by atoms with Crippen LogP contribution in [0.15, 0.2) is 23.1 Å². The van der Waals surface area contributed by atoms with Crippen LogP contribution < -0.4 is 4.74 Å². The molecule has 0 aliphatic heterocycles. The average Bonchev–Trinajstić information content (AvgIpc) is 2.43. The quantitative estimate of drug-likeness (QED) is 0.442. The van der Waals surface area contributed by atoms with Gasteiger partial charge in [-0.3, -0.25) is 10.1 Å². The summed E-state index contributed by atoms with van der Waals surface area (Å²) in [7, 11) is -2.69. The molecule has 0 radical (unpaired) electrons. The summed E-state index contributed by atoms with van der Waals surface area (Å²) in [4.78, 5) is 9.92. The second-order valence-corrected chi connectivity index (χ2v) is 5.62. The Labute approximate surface area is 116 Å². The minimum atomic E-state index is -3.94. The number of nitrogens with zero attached hydrogens (tertiary/aromatic N) is 3. The lowest BCUT2D eigenvalue weighted by Crippen LogP contribution is -2.31. The number of benzene rings is 1. The van der Waals surface area contributed by atoms with E-state index >= 15 is 0 Å². The van der Waals surface area contributed by atoms with E-state index in [1.807, 2.05) is 0 Å². The molecule has 0 heterocycles. The third kappa shape index (κ3) is 3.04. The average molecular weight is 299 g/mol. The summed E-state index contributed by atoms with van der Waals surface area (Å²) in [6.07, 6.45) is 0. The van der Waals surface area contributed by atoms with E-state index in [-0.39, 0.29) is 23.7 Å². The predicted octanol–water partition coefficient (Wildman–Crippen LogP) is 1.14. The first kappa shape index (κ1) is 15.9. The maximum Gasteiger partial charge on any atom is 0.312 e. The van der Waals surface area contributed by atoms with Crippen molar-refractivity contribution in [3.63, 3.8) is 0 Å². The monoisotopic (exact) mass is 299 g/mol. The number of nitro groups is 1. The van der Waals surface area contributed by atoms with Gasteiger partial charge in [0, 0.05) is 12.6 Å². The summed E-state index contributed by atoms with van der Waals surface area (Å²) in [5.41, 5.74) is -0.443. The summed E-state index contributed by atoms with van der Waals surface area (Å²) < 4.78 is 30.2. The number of hydrogen-bond acceptors (Lipinski definition) is 6. The minimum Gasteiger partial charge on any atom is -0.490 e. The van der Waals surface area contributed by atoms with E-state index in [0.717, 1.165) is 10.4 Å². The Hall–Kier alpha value is -2.18. The highest BCUT2D eigenvalue weighted by Gasteiger charge is 2.26. The fourth-order valence-corrected chi connectivity index (χ4v) is 2.93. The Kier molecular flexibility index (Phi) is 5.01. The third-order valence-electron chi connectivity index (χ3n) is 2.58. The summed E-state index contributed by atoms with van der Waals surface area (Å²) >= 11 is 0. The van der Waals surface area contributed by atoms with Gasteiger partial charge in [0.15, 0.2) is 5.75 Å². The van der Waals surface area contributed by atoms with Crippen molar-refractivity contribution in [2.45, 2.75) is 11.8 Å². The summed E-state index contributed by atoms with van der Waals surface area (Å²) in [6.45, 7) is 1.35. The molecule has 1 rings (SSSR count). The summed E-state index contributed by atoms with van der Waals surface area (Å²) in [6, 6.07) is 5.09. The number of hydrogen-bond donors (Lipinski definition) is 0. The highest BCUT2D eigenvalue weighted by Crippen LogP contribution is 2.30. The lowest BCUT2D eigenvalue weighted by atomic mass is 10.3. The molecule has 108 valence electrons. The van der Waals surface area contributed by atoms with E-state index in [2.05, 4.69) is 0 Å². The van der Waals surface area contributed by atoms with Crippen LogP contribution in [-0.4, -0.2) is 37.8 Å². The van der Waals surface area contributed by atoms with Crippen LogP contribution in [0.2, 0.25) is 0 Å². The predicted molar refractivity (Wildman–Crippen MR) is 69.7 cm³/mol. The van der Waals surface area contributed by atoms with Crippen molar-refractivity contribution >= 4 is 15.7 Å². The minimum absolute atomic E-state index is 0.0303. The van der Waals surface area contributed by atoms with Crippen LogP contribution in [0.25, 0.3) is 0 Å². The van der Waals surface area contributed by atoms with E-state index in [1.165, 1.54) is 19.2 Å². The molecule has 0 N–H and O–H groups in total. The first-order valence-electron chi connectivity index (χ1n) is 5.58. The third-order valence-corrected chi connectivity index (χ3v) is 4.50. The standard InChI is InChI=1S/C11H13N3O5S/c1-3-13(7-6-12)20(17,18)9-4-5-11(19-2)10(8-9)14(15)16/h4-5,8H,3,7H2,1-2H3. The van der Waals surface area contributed by atoms with Crippen LogP contribution in [-0.2, 0) is 10.0 Å². The number of nitro benzene ring substituents is 1. The van der Waals surface area contributed by atoms with Crippen molar-refractivity contribution in [2.75, 3.05) is 20.2 Å². The number of methoxy groups -OCH3 is 1. The van der Waals surface area contributed by atoms with Gasteiger partial charge in [0.2, 0.25) is 10.0 Å². The van der Waals surface area contributed by atoms with Gasteiger partial charge in [-0.15, -0.1) is 0 Å². The van der Waals surface area contributed by atoms with Crippen LogP contribution >= 0.6 is 0 Å². The zero-order valence-corrected chi connectivity index (χ0v) is 11.8. The molecule has 0 aliphatic rings. The molecule has 0 amide bonds. The molecule has 1 aromatic rings. The Bertz CT molecular complexity index is 651. The summed E-state index contributed by atoms with van der Waals surface area (Å²) in [5.74, 6) is -0.0303. The van der Waals surface area contributed by atoms with Gasteiger partial charge in [-0.1, -0.05) is 6.92 Å². The molecule has 0 aliphatic carbocycles. The molecule has 8 nitrogen and oxygen atoms in total. The molecule has 0 unspecified atom stereocenters. The highest BCUT2D eigenvalue weighted by atomic mass is 32.2. The molecule has 0 saturated heterocycles. The van der Waals surface area contributed by atoms with E-state index < -0.39 is 20.6 Å². The van der Waals surface area contributed by atoms with Crippen LogP contribution in [0, 0.1) is 21.4 Å².